The van der Waals surface area contributed by atoms with Crippen LogP contribution in [0, 0.1) is 23.2 Å². The van der Waals surface area contributed by atoms with Gasteiger partial charge in [0, 0.05) is 6.42 Å². The number of fused-ring (bicyclic) bond motifs is 1. The van der Waals surface area contributed by atoms with Crippen LogP contribution in [0.5, 0.6) is 0 Å². The summed E-state index contributed by atoms with van der Waals surface area (Å²) in [6, 6.07) is 0. The lowest BCUT2D eigenvalue weighted by atomic mass is 9.61. The predicted octanol–water partition coefficient (Wildman–Crippen LogP) is 3.54. The van der Waals surface area contributed by atoms with Crippen LogP contribution in [0.3, 0.4) is 0 Å². The van der Waals surface area contributed by atoms with Gasteiger partial charge in [0.1, 0.15) is 0 Å². The molecule has 0 amide bonds. The summed E-state index contributed by atoms with van der Waals surface area (Å²) < 4.78 is 4.71. The number of carbonyl (C=O) groups is 1. The van der Waals surface area contributed by atoms with E-state index in [1.54, 1.807) is 0 Å². The van der Waals surface area contributed by atoms with E-state index in [9.17, 15) is 9.90 Å². The molecular weight excluding hydrogens is 252 g/mol. The Labute approximate surface area is 123 Å². The maximum atomic E-state index is 11.2. The maximum absolute atomic E-state index is 11.2. The minimum atomic E-state index is -0.0965. The lowest BCUT2D eigenvalue weighted by Crippen LogP contribution is -2.41. The molecule has 0 radical (unpaired) electrons. The zero-order valence-electron chi connectivity index (χ0n) is 13.2. The first-order chi connectivity index (χ1) is 9.49. The normalized spacial score (nSPS) is 38.3. The molecule has 2 saturated carbocycles. The van der Waals surface area contributed by atoms with Crippen molar-refractivity contribution in [1.82, 2.24) is 0 Å². The lowest BCUT2D eigenvalue weighted by Gasteiger charge is -2.45. The first-order valence-corrected chi connectivity index (χ1v) is 8.24. The Morgan fingerprint density at radius 1 is 1.40 bits per heavy atom. The van der Waals surface area contributed by atoms with Crippen LogP contribution in [-0.4, -0.2) is 24.3 Å². The number of ether oxygens (including phenoxy) is 1. The second-order valence-electron chi connectivity index (χ2n) is 7.20. The average molecular weight is 282 g/mol. The van der Waals surface area contributed by atoms with Crippen LogP contribution < -0.4 is 0 Å². The highest BCUT2D eigenvalue weighted by atomic mass is 16.5. The van der Waals surface area contributed by atoms with E-state index >= 15 is 0 Å². The number of aliphatic hydroxyl groups excluding tert-OH is 1. The van der Waals surface area contributed by atoms with E-state index in [4.69, 9.17) is 4.74 Å². The summed E-state index contributed by atoms with van der Waals surface area (Å²) in [5.41, 5.74) is 0.322. The summed E-state index contributed by atoms with van der Waals surface area (Å²) in [6.07, 6.45) is 8.33. The van der Waals surface area contributed by atoms with E-state index in [-0.39, 0.29) is 12.1 Å². The third-order valence-electron chi connectivity index (χ3n) is 6.12. The minimum Gasteiger partial charge on any atom is -0.469 e. The van der Waals surface area contributed by atoms with Crippen molar-refractivity contribution < 1.29 is 14.6 Å². The monoisotopic (exact) mass is 282 g/mol. The highest BCUT2D eigenvalue weighted by molar-refractivity contribution is 5.68. The second kappa shape index (κ2) is 6.46. The Morgan fingerprint density at radius 3 is 2.85 bits per heavy atom. The van der Waals surface area contributed by atoms with Crippen molar-refractivity contribution in [2.75, 3.05) is 7.11 Å². The number of methoxy groups -OCH3 is 1. The van der Waals surface area contributed by atoms with E-state index < -0.39 is 0 Å². The van der Waals surface area contributed by atoms with Crippen LogP contribution in [-0.2, 0) is 9.53 Å². The predicted molar refractivity (Wildman–Crippen MR) is 79.2 cm³/mol. The molecule has 3 heteroatoms. The van der Waals surface area contributed by atoms with Gasteiger partial charge in [-0.05, 0) is 61.7 Å². The second-order valence-corrected chi connectivity index (χ2v) is 7.20. The standard InChI is InChI=1S/C17H30O3/c1-12(6-4-8-16(19)20-3)13-9-10-14-15(18)7-5-11-17(13,14)2/h12-15,18H,4-11H2,1-3H3/t12-,13+,14-,15-,17-/m0/s1. The summed E-state index contributed by atoms with van der Waals surface area (Å²) in [4.78, 5) is 11.2. The number of esters is 1. The molecule has 2 fully saturated rings. The maximum Gasteiger partial charge on any atom is 0.305 e. The summed E-state index contributed by atoms with van der Waals surface area (Å²) >= 11 is 0. The SMILES string of the molecule is COC(=O)CCC[C@H](C)[C@H]1CC[C@H]2[C@@H](O)CCC[C@@]12C. The van der Waals surface area contributed by atoms with Gasteiger partial charge in [0.2, 0.25) is 0 Å². The van der Waals surface area contributed by atoms with E-state index in [0.29, 0.717) is 29.6 Å². The average Bonchev–Trinajstić information content (AvgIpc) is 2.77. The van der Waals surface area contributed by atoms with Crippen molar-refractivity contribution in [3.8, 4) is 0 Å². The number of hydrogen-bond acceptors (Lipinski definition) is 3. The van der Waals surface area contributed by atoms with Gasteiger partial charge in [0.05, 0.1) is 13.2 Å². The molecule has 20 heavy (non-hydrogen) atoms. The van der Waals surface area contributed by atoms with Crippen molar-refractivity contribution in [3.05, 3.63) is 0 Å². The fraction of sp³-hybridized carbons (Fsp3) is 0.941. The molecular formula is C17H30O3. The van der Waals surface area contributed by atoms with Crippen LogP contribution in [0.2, 0.25) is 0 Å². The molecule has 2 aliphatic carbocycles. The Kier molecular flexibility index (Phi) is 5.11. The Morgan fingerprint density at radius 2 is 2.15 bits per heavy atom. The Balaban J connectivity index is 1.90. The van der Waals surface area contributed by atoms with Crippen LogP contribution in [0.4, 0.5) is 0 Å². The fourth-order valence-electron chi connectivity index (χ4n) is 5.00. The molecule has 2 aliphatic rings. The van der Waals surface area contributed by atoms with E-state index in [0.717, 1.165) is 19.3 Å². The van der Waals surface area contributed by atoms with Crippen LogP contribution in [0.1, 0.15) is 65.2 Å². The molecule has 0 aliphatic heterocycles. The molecule has 0 bridgehead atoms. The van der Waals surface area contributed by atoms with Crippen LogP contribution >= 0.6 is 0 Å². The van der Waals surface area contributed by atoms with Gasteiger partial charge in [-0.3, -0.25) is 4.79 Å². The van der Waals surface area contributed by atoms with Crippen molar-refractivity contribution in [2.45, 2.75) is 71.3 Å². The van der Waals surface area contributed by atoms with Crippen molar-refractivity contribution >= 4 is 5.97 Å². The first-order valence-electron chi connectivity index (χ1n) is 8.24. The molecule has 0 aromatic carbocycles. The number of carbonyl (C=O) groups excluding carboxylic acids is 1. The zero-order chi connectivity index (χ0) is 14.8. The van der Waals surface area contributed by atoms with E-state index in [2.05, 4.69) is 13.8 Å². The smallest absolute Gasteiger partial charge is 0.305 e. The molecule has 1 N–H and O–H groups in total. The first kappa shape index (κ1) is 15.8. The van der Waals surface area contributed by atoms with Crippen LogP contribution in [0.15, 0.2) is 0 Å². The Bertz CT molecular complexity index is 341. The van der Waals surface area contributed by atoms with Crippen LogP contribution in [0.25, 0.3) is 0 Å². The molecule has 0 aromatic rings. The van der Waals surface area contributed by atoms with Gasteiger partial charge in [0.25, 0.3) is 0 Å². The molecule has 3 nitrogen and oxygen atoms in total. The molecule has 0 heterocycles. The van der Waals surface area contributed by atoms with Gasteiger partial charge in [-0.2, -0.15) is 0 Å². The molecule has 2 rings (SSSR count). The number of rotatable bonds is 5. The lowest BCUT2D eigenvalue weighted by molar-refractivity contribution is -0.140. The third kappa shape index (κ3) is 3.03. The summed E-state index contributed by atoms with van der Waals surface area (Å²) in [6.45, 7) is 4.73. The minimum absolute atomic E-state index is 0.0824. The largest absolute Gasteiger partial charge is 0.469 e. The number of hydrogen-bond donors (Lipinski definition) is 1. The highest BCUT2D eigenvalue weighted by Crippen LogP contribution is 2.58. The molecule has 0 unspecified atom stereocenters. The van der Waals surface area contributed by atoms with Crippen molar-refractivity contribution in [2.24, 2.45) is 23.2 Å². The summed E-state index contributed by atoms with van der Waals surface area (Å²) in [7, 11) is 1.46. The highest BCUT2D eigenvalue weighted by Gasteiger charge is 2.51. The van der Waals surface area contributed by atoms with Gasteiger partial charge in [-0.1, -0.05) is 20.3 Å². The van der Waals surface area contributed by atoms with Gasteiger partial charge >= 0.3 is 5.97 Å². The summed E-state index contributed by atoms with van der Waals surface area (Å²) in [5, 5.41) is 10.3. The van der Waals surface area contributed by atoms with Crippen molar-refractivity contribution in [1.29, 1.82) is 0 Å². The quantitative estimate of drug-likeness (QED) is 0.784. The third-order valence-corrected chi connectivity index (χ3v) is 6.12. The zero-order valence-corrected chi connectivity index (χ0v) is 13.2. The fourth-order valence-corrected chi connectivity index (χ4v) is 5.00. The Hall–Kier alpha value is -0.570. The number of aliphatic hydroxyl groups is 1. The topological polar surface area (TPSA) is 46.5 Å². The molecule has 5 atom stereocenters. The van der Waals surface area contributed by atoms with Gasteiger partial charge in [0.15, 0.2) is 0 Å². The molecule has 0 aromatic heterocycles. The van der Waals surface area contributed by atoms with Gasteiger partial charge in [-0.25, -0.2) is 0 Å². The summed E-state index contributed by atoms with van der Waals surface area (Å²) in [5.74, 6) is 1.75. The van der Waals surface area contributed by atoms with E-state index in [1.807, 2.05) is 0 Å². The molecule has 116 valence electrons. The van der Waals surface area contributed by atoms with Crippen molar-refractivity contribution in [3.63, 3.8) is 0 Å². The van der Waals surface area contributed by atoms with E-state index in [1.165, 1.54) is 32.8 Å². The van der Waals surface area contributed by atoms with Gasteiger partial charge < -0.3 is 9.84 Å². The molecule has 0 saturated heterocycles. The molecule has 0 spiro atoms. The van der Waals surface area contributed by atoms with Gasteiger partial charge in [-0.15, -0.1) is 0 Å².